The Bertz CT molecular complexity index is 1530. The fourth-order valence-electron chi connectivity index (χ4n) is 3.70. The van der Waals surface area contributed by atoms with Gasteiger partial charge in [0.25, 0.3) is 0 Å². The van der Waals surface area contributed by atoms with Crippen molar-refractivity contribution in [2.24, 2.45) is 10.2 Å². The number of hydrogen-bond donors (Lipinski definition) is 3. The van der Waals surface area contributed by atoms with Crippen LogP contribution in [0.15, 0.2) is 77.2 Å². The van der Waals surface area contributed by atoms with Gasteiger partial charge in [-0.05, 0) is 53.3 Å². The fraction of sp³-hybridized carbons (Fsp3) is 0.0400. The Hall–Kier alpha value is -4.52. The van der Waals surface area contributed by atoms with Crippen molar-refractivity contribution in [3.05, 3.63) is 88.6 Å². The Morgan fingerprint density at radius 3 is 2.72 bits per heavy atom. The quantitative estimate of drug-likeness (QED) is 0.464. The monoisotopic (exact) mass is 421 g/mol. The van der Waals surface area contributed by atoms with Crippen LogP contribution in [-0.2, 0) is 4.79 Å². The van der Waals surface area contributed by atoms with Gasteiger partial charge in [-0.2, -0.15) is 0 Å². The maximum atomic E-state index is 11.5. The van der Waals surface area contributed by atoms with Crippen molar-refractivity contribution in [1.82, 2.24) is 9.97 Å². The average Bonchev–Trinajstić information content (AvgIpc) is 3.34. The zero-order chi connectivity index (χ0) is 22.1. The minimum absolute atomic E-state index is 0.0347. The van der Waals surface area contributed by atoms with Gasteiger partial charge in [0, 0.05) is 35.5 Å². The molecule has 3 heterocycles. The van der Waals surface area contributed by atoms with Crippen LogP contribution in [-0.4, -0.2) is 21.0 Å². The van der Waals surface area contributed by atoms with Crippen LogP contribution < -0.4 is 15.8 Å². The number of rotatable bonds is 4. The molecule has 156 valence electrons. The summed E-state index contributed by atoms with van der Waals surface area (Å²) in [5, 5.41) is 24.5. The molecule has 0 unspecified atom stereocenters. The molecule has 2 aromatic carbocycles. The van der Waals surface area contributed by atoms with Crippen molar-refractivity contribution in [3.8, 4) is 5.88 Å². The molecule has 1 aliphatic rings. The number of aromatic amines is 1. The second-order valence-electron chi connectivity index (χ2n) is 7.42. The van der Waals surface area contributed by atoms with Gasteiger partial charge in [0.1, 0.15) is 0 Å². The van der Waals surface area contributed by atoms with Crippen LogP contribution in [0.3, 0.4) is 0 Å². The summed E-state index contributed by atoms with van der Waals surface area (Å²) in [5.74, 6) is -0.140. The third-order valence-corrected chi connectivity index (χ3v) is 5.18. The van der Waals surface area contributed by atoms with E-state index in [1.165, 1.54) is 6.92 Å². The number of H-pyrrole nitrogens is 1. The molecule has 3 N–H and O–H groups in total. The molecule has 4 aromatic rings. The molecule has 0 spiro atoms. The first-order valence-electron chi connectivity index (χ1n) is 10.1. The summed E-state index contributed by atoms with van der Waals surface area (Å²) in [6.45, 7) is 1.45. The van der Waals surface area contributed by atoms with Crippen LogP contribution in [0.5, 0.6) is 5.88 Å². The Labute approximate surface area is 183 Å². The number of amides is 1. The molecule has 0 saturated carbocycles. The van der Waals surface area contributed by atoms with Crippen molar-refractivity contribution in [1.29, 1.82) is 0 Å². The van der Waals surface area contributed by atoms with Gasteiger partial charge in [-0.1, -0.05) is 24.3 Å². The predicted molar refractivity (Wildman–Crippen MR) is 125 cm³/mol. The largest absolute Gasteiger partial charge is 0.494 e. The van der Waals surface area contributed by atoms with E-state index in [0.29, 0.717) is 16.8 Å². The highest BCUT2D eigenvalue weighted by Crippen LogP contribution is 2.32. The highest BCUT2D eigenvalue weighted by atomic mass is 16.3. The number of para-hydroxylation sites is 1. The fourth-order valence-corrected chi connectivity index (χ4v) is 3.70. The van der Waals surface area contributed by atoms with Crippen molar-refractivity contribution < 1.29 is 9.90 Å². The molecular formula is C25H19N5O2. The SMILES string of the molecule is CC(=O)Nc1cccc2c(/C=c3/ccc4c(c3)N=NC=4/C=C/c3ccncc3)c(O)[nH]c12. The molecule has 0 atom stereocenters. The Morgan fingerprint density at radius 1 is 1.06 bits per heavy atom. The van der Waals surface area contributed by atoms with Crippen LogP contribution in [0.25, 0.3) is 28.8 Å². The average molecular weight is 421 g/mol. The van der Waals surface area contributed by atoms with Gasteiger partial charge < -0.3 is 15.4 Å². The number of nitrogens with one attached hydrogen (secondary N) is 2. The van der Waals surface area contributed by atoms with Gasteiger partial charge >= 0.3 is 0 Å². The van der Waals surface area contributed by atoms with Crippen molar-refractivity contribution in [2.75, 3.05) is 5.32 Å². The summed E-state index contributed by atoms with van der Waals surface area (Å²) >= 11 is 0. The summed E-state index contributed by atoms with van der Waals surface area (Å²) < 4.78 is 0. The predicted octanol–water partition coefficient (Wildman–Crippen LogP) is 3.97. The van der Waals surface area contributed by atoms with Crippen LogP contribution in [0, 0.1) is 0 Å². The second kappa shape index (κ2) is 7.96. The van der Waals surface area contributed by atoms with E-state index < -0.39 is 0 Å². The Kier molecular flexibility index (Phi) is 4.84. The van der Waals surface area contributed by atoms with Crippen LogP contribution in [0.2, 0.25) is 0 Å². The topological polar surface area (TPSA) is 103 Å². The number of azo groups is 1. The molecule has 0 bridgehead atoms. The lowest BCUT2D eigenvalue weighted by Gasteiger charge is -2.03. The minimum Gasteiger partial charge on any atom is -0.494 e. The van der Waals surface area contributed by atoms with Gasteiger partial charge in [-0.25, -0.2) is 0 Å². The summed E-state index contributed by atoms with van der Waals surface area (Å²) in [7, 11) is 0. The number of hydrogen-bond acceptors (Lipinski definition) is 5. The first-order valence-corrected chi connectivity index (χ1v) is 10.1. The van der Waals surface area contributed by atoms with Gasteiger partial charge in [0.15, 0.2) is 5.88 Å². The van der Waals surface area contributed by atoms with Gasteiger partial charge in [0.2, 0.25) is 5.91 Å². The molecule has 32 heavy (non-hydrogen) atoms. The standard InChI is InChI=1S/C25H19N5O2/c1-15(31)27-22-4-2-3-18-20(25(32)28-24(18)22)13-17-5-7-19-21(29-30-23(19)14-17)8-6-16-9-11-26-12-10-16/h2-14,28,32H,1H3,(H,27,31)/b8-6+,17-13-. The molecule has 2 aromatic heterocycles. The Balaban J connectivity index is 1.55. The lowest BCUT2D eigenvalue weighted by molar-refractivity contribution is -0.114. The number of fused-ring (bicyclic) bond motifs is 2. The maximum Gasteiger partial charge on any atom is 0.221 e. The van der Waals surface area contributed by atoms with Crippen LogP contribution in [0.4, 0.5) is 11.4 Å². The van der Waals surface area contributed by atoms with Crippen molar-refractivity contribution in [3.63, 3.8) is 0 Å². The van der Waals surface area contributed by atoms with Gasteiger partial charge in [0.05, 0.1) is 22.6 Å². The lowest BCUT2D eigenvalue weighted by atomic mass is 10.1. The summed E-state index contributed by atoms with van der Waals surface area (Å²) in [5.41, 5.74) is 4.53. The summed E-state index contributed by atoms with van der Waals surface area (Å²) in [4.78, 5) is 18.5. The number of aromatic nitrogens is 2. The van der Waals surface area contributed by atoms with E-state index in [-0.39, 0.29) is 11.8 Å². The molecule has 0 saturated heterocycles. The number of pyridine rings is 1. The smallest absolute Gasteiger partial charge is 0.221 e. The molecule has 1 amide bonds. The molecule has 0 fully saturated rings. The van der Waals surface area contributed by atoms with Crippen LogP contribution in [0.1, 0.15) is 18.1 Å². The zero-order valence-electron chi connectivity index (χ0n) is 17.2. The first-order chi connectivity index (χ1) is 15.6. The van der Waals surface area contributed by atoms with Crippen LogP contribution >= 0.6 is 0 Å². The number of benzene rings is 2. The molecule has 7 heteroatoms. The van der Waals surface area contributed by atoms with E-state index in [1.807, 2.05) is 60.7 Å². The maximum absolute atomic E-state index is 11.5. The number of aromatic hydroxyl groups is 1. The van der Waals surface area contributed by atoms with Gasteiger partial charge in [-0.3, -0.25) is 9.78 Å². The number of carbonyl (C=O) groups is 1. The third-order valence-electron chi connectivity index (χ3n) is 5.18. The van der Waals surface area contributed by atoms with E-state index in [0.717, 1.165) is 32.8 Å². The van der Waals surface area contributed by atoms with E-state index in [9.17, 15) is 9.90 Å². The van der Waals surface area contributed by atoms with Gasteiger partial charge in [-0.15, -0.1) is 10.2 Å². The number of nitrogens with zero attached hydrogens (tertiary/aromatic N) is 3. The summed E-state index contributed by atoms with van der Waals surface area (Å²) in [6.07, 6.45) is 9.28. The normalized spacial score (nSPS) is 13.3. The lowest BCUT2D eigenvalue weighted by Crippen LogP contribution is -2.08. The third kappa shape index (κ3) is 3.67. The first kappa shape index (κ1) is 19.4. The van der Waals surface area contributed by atoms with Crippen molar-refractivity contribution >= 4 is 46.0 Å². The highest BCUT2D eigenvalue weighted by Gasteiger charge is 2.13. The van der Waals surface area contributed by atoms with E-state index in [1.54, 1.807) is 18.5 Å². The second-order valence-corrected chi connectivity index (χ2v) is 7.42. The number of anilines is 1. The van der Waals surface area contributed by atoms with E-state index in [2.05, 4.69) is 25.5 Å². The molecular weight excluding hydrogens is 402 g/mol. The summed E-state index contributed by atoms with van der Waals surface area (Å²) in [6, 6.07) is 15.2. The highest BCUT2D eigenvalue weighted by molar-refractivity contribution is 6.03. The minimum atomic E-state index is -0.175. The molecule has 0 radical (unpaired) electrons. The molecule has 7 nitrogen and oxygen atoms in total. The number of carbonyl (C=O) groups excluding carboxylic acids is 1. The molecule has 0 aliphatic carbocycles. The van der Waals surface area contributed by atoms with Crippen molar-refractivity contribution in [2.45, 2.75) is 6.92 Å². The zero-order valence-corrected chi connectivity index (χ0v) is 17.2. The van der Waals surface area contributed by atoms with E-state index >= 15 is 0 Å². The molecule has 1 aliphatic heterocycles. The molecule has 5 rings (SSSR count). The Morgan fingerprint density at radius 2 is 1.91 bits per heavy atom. The van der Waals surface area contributed by atoms with E-state index in [4.69, 9.17) is 0 Å².